The molecular weight excluding hydrogens is 306 g/mol. The highest BCUT2D eigenvalue weighted by atomic mass is 19.2. The largest absolute Gasteiger partial charge is 0.480 e. The van der Waals surface area contributed by atoms with Gasteiger partial charge in [-0.05, 0) is 38.1 Å². The fourth-order valence-electron chi connectivity index (χ4n) is 2.60. The van der Waals surface area contributed by atoms with Crippen LogP contribution in [0.25, 0.3) is 0 Å². The van der Waals surface area contributed by atoms with Crippen LogP contribution < -0.4 is 0 Å². The maximum absolute atomic E-state index is 13.8. The molecule has 2 rings (SSSR count). The first-order valence-electron chi connectivity index (χ1n) is 7.40. The maximum Gasteiger partial charge on any atom is 0.323 e. The Balaban J connectivity index is 2.06. The average molecular weight is 326 g/mol. The Kier molecular flexibility index (Phi) is 5.30. The van der Waals surface area contributed by atoms with Gasteiger partial charge in [0, 0.05) is 19.0 Å². The second-order valence-electron chi connectivity index (χ2n) is 6.05. The number of hydrogen-bond acceptors (Lipinski definition) is 3. The van der Waals surface area contributed by atoms with E-state index in [1.54, 1.807) is 0 Å². The predicted octanol–water partition coefficient (Wildman–Crippen LogP) is 1.54. The average Bonchev–Trinajstić information content (AvgIpc) is 3.25. The first-order chi connectivity index (χ1) is 10.8. The summed E-state index contributed by atoms with van der Waals surface area (Å²) in [5, 5.41) is 8.95. The first kappa shape index (κ1) is 17.3. The lowest BCUT2D eigenvalue weighted by Gasteiger charge is -2.23. The molecule has 0 heterocycles. The van der Waals surface area contributed by atoms with E-state index in [1.165, 1.54) is 17.0 Å². The Morgan fingerprint density at radius 1 is 1.26 bits per heavy atom. The molecule has 1 aromatic rings. The zero-order valence-electron chi connectivity index (χ0n) is 13.1. The third kappa shape index (κ3) is 4.25. The Labute approximate surface area is 133 Å². The quantitative estimate of drug-likeness (QED) is 0.826. The van der Waals surface area contributed by atoms with E-state index in [0.717, 1.165) is 6.07 Å². The van der Waals surface area contributed by atoms with Crippen molar-refractivity contribution in [1.82, 2.24) is 9.80 Å². The van der Waals surface area contributed by atoms with E-state index in [2.05, 4.69) is 0 Å². The molecule has 1 fully saturated rings. The van der Waals surface area contributed by atoms with Gasteiger partial charge in [0.25, 0.3) is 0 Å². The summed E-state index contributed by atoms with van der Waals surface area (Å²) in [5.41, 5.74) is 0.186. The van der Waals surface area contributed by atoms with Crippen LogP contribution in [0.15, 0.2) is 18.2 Å². The fraction of sp³-hybridized carbons (Fsp3) is 0.500. The number of benzene rings is 1. The van der Waals surface area contributed by atoms with Gasteiger partial charge in [-0.3, -0.25) is 9.59 Å². The minimum atomic E-state index is -1.09. The normalized spacial score (nSPS) is 19.7. The molecule has 1 amide bonds. The third-order valence-electron chi connectivity index (χ3n) is 3.94. The molecule has 1 aromatic carbocycles. The van der Waals surface area contributed by atoms with E-state index >= 15 is 0 Å². The molecule has 1 saturated carbocycles. The van der Waals surface area contributed by atoms with Gasteiger partial charge < -0.3 is 14.9 Å². The summed E-state index contributed by atoms with van der Waals surface area (Å²) >= 11 is 0. The van der Waals surface area contributed by atoms with Crippen molar-refractivity contribution in [1.29, 1.82) is 0 Å². The SMILES string of the molecule is CN(C)CCN(CC(=O)O)C(=O)C1CC1c1cccc(F)c1F. The molecule has 0 aromatic heterocycles. The van der Waals surface area contributed by atoms with Gasteiger partial charge in [0.05, 0.1) is 0 Å². The van der Waals surface area contributed by atoms with Gasteiger partial charge in [0.15, 0.2) is 11.6 Å². The molecule has 7 heteroatoms. The summed E-state index contributed by atoms with van der Waals surface area (Å²) in [5.74, 6) is -4.13. The van der Waals surface area contributed by atoms with Crippen molar-refractivity contribution in [3.8, 4) is 0 Å². The highest BCUT2D eigenvalue weighted by Gasteiger charge is 2.47. The van der Waals surface area contributed by atoms with Gasteiger partial charge in [-0.15, -0.1) is 0 Å². The number of carbonyl (C=O) groups is 2. The van der Waals surface area contributed by atoms with Gasteiger partial charge in [0.2, 0.25) is 5.91 Å². The van der Waals surface area contributed by atoms with Crippen LogP contribution in [0.5, 0.6) is 0 Å². The van der Waals surface area contributed by atoms with Crippen LogP contribution in [-0.4, -0.2) is 60.5 Å². The molecule has 0 aliphatic heterocycles. The number of nitrogens with zero attached hydrogens (tertiary/aromatic N) is 2. The zero-order chi connectivity index (χ0) is 17.1. The van der Waals surface area contributed by atoms with E-state index in [1.807, 2.05) is 19.0 Å². The molecule has 1 aliphatic rings. The standard InChI is InChI=1S/C16H20F2N2O3/c1-19(2)6-7-20(9-14(21)22)16(23)12-8-11(12)10-4-3-5-13(17)15(10)18/h3-5,11-12H,6-9H2,1-2H3,(H,21,22). The summed E-state index contributed by atoms with van der Waals surface area (Å²) in [6.45, 7) is 0.430. The lowest BCUT2D eigenvalue weighted by atomic mass is 10.1. The number of carbonyl (C=O) groups excluding carboxylic acids is 1. The lowest BCUT2D eigenvalue weighted by Crippen LogP contribution is -2.41. The van der Waals surface area contributed by atoms with Crippen molar-refractivity contribution >= 4 is 11.9 Å². The van der Waals surface area contributed by atoms with Crippen LogP contribution >= 0.6 is 0 Å². The highest BCUT2D eigenvalue weighted by molar-refractivity contribution is 5.86. The summed E-state index contributed by atoms with van der Waals surface area (Å²) in [6.07, 6.45) is 0.414. The van der Waals surface area contributed by atoms with E-state index < -0.39 is 23.5 Å². The van der Waals surface area contributed by atoms with Gasteiger partial charge in [-0.1, -0.05) is 12.1 Å². The molecular formula is C16H20F2N2O3. The minimum absolute atomic E-state index is 0.186. The Morgan fingerprint density at radius 3 is 2.57 bits per heavy atom. The maximum atomic E-state index is 13.8. The van der Waals surface area contributed by atoms with Gasteiger partial charge in [-0.25, -0.2) is 8.78 Å². The number of carboxylic acids is 1. The lowest BCUT2D eigenvalue weighted by molar-refractivity contribution is -0.145. The van der Waals surface area contributed by atoms with Crippen LogP contribution in [0.3, 0.4) is 0 Å². The summed E-state index contributed by atoms with van der Waals surface area (Å²) in [6, 6.07) is 3.91. The predicted molar refractivity (Wildman–Crippen MR) is 80.0 cm³/mol. The Bertz CT molecular complexity index is 607. The smallest absolute Gasteiger partial charge is 0.323 e. The van der Waals surface area contributed by atoms with Crippen molar-refractivity contribution in [3.63, 3.8) is 0 Å². The molecule has 0 bridgehead atoms. The number of hydrogen-bond donors (Lipinski definition) is 1. The molecule has 0 spiro atoms. The second-order valence-corrected chi connectivity index (χ2v) is 6.05. The molecule has 23 heavy (non-hydrogen) atoms. The second kappa shape index (κ2) is 7.04. The minimum Gasteiger partial charge on any atom is -0.480 e. The van der Waals surface area contributed by atoms with Gasteiger partial charge >= 0.3 is 5.97 Å². The van der Waals surface area contributed by atoms with Crippen molar-refractivity contribution < 1.29 is 23.5 Å². The summed E-state index contributed by atoms with van der Waals surface area (Å²) in [7, 11) is 3.65. The van der Waals surface area contributed by atoms with Crippen LogP contribution in [0, 0.1) is 17.6 Å². The fourth-order valence-corrected chi connectivity index (χ4v) is 2.60. The number of rotatable bonds is 7. The number of likely N-dealkylation sites (N-methyl/N-ethyl adjacent to an activating group) is 1. The molecule has 0 saturated heterocycles. The molecule has 2 unspecified atom stereocenters. The van der Waals surface area contributed by atoms with Crippen molar-refractivity contribution in [2.24, 2.45) is 5.92 Å². The Morgan fingerprint density at radius 2 is 1.96 bits per heavy atom. The molecule has 2 atom stereocenters. The van der Waals surface area contributed by atoms with Crippen LogP contribution in [-0.2, 0) is 9.59 Å². The van der Waals surface area contributed by atoms with E-state index in [0.29, 0.717) is 13.0 Å². The number of halogens is 2. The molecule has 0 radical (unpaired) electrons. The Hall–Kier alpha value is -2.02. The van der Waals surface area contributed by atoms with E-state index in [4.69, 9.17) is 5.11 Å². The number of amides is 1. The van der Waals surface area contributed by atoms with E-state index in [9.17, 15) is 18.4 Å². The first-order valence-corrected chi connectivity index (χ1v) is 7.40. The molecule has 1 aliphatic carbocycles. The number of aliphatic carboxylic acids is 1. The van der Waals surface area contributed by atoms with Gasteiger partial charge in [-0.2, -0.15) is 0 Å². The topological polar surface area (TPSA) is 60.9 Å². The molecule has 1 N–H and O–H groups in total. The van der Waals surface area contributed by atoms with Crippen LogP contribution in [0.2, 0.25) is 0 Å². The van der Waals surface area contributed by atoms with Crippen LogP contribution in [0.4, 0.5) is 8.78 Å². The monoisotopic (exact) mass is 326 g/mol. The third-order valence-corrected chi connectivity index (χ3v) is 3.94. The summed E-state index contributed by atoms with van der Waals surface area (Å²) < 4.78 is 27.1. The highest BCUT2D eigenvalue weighted by Crippen LogP contribution is 2.49. The van der Waals surface area contributed by atoms with E-state index in [-0.39, 0.29) is 30.5 Å². The molecule has 5 nitrogen and oxygen atoms in total. The van der Waals surface area contributed by atoms with Gasteiger partial charge in [0.1, 0.15) is 6.54 Å². The summed E-state index contributed by atoms with van der Waals surface area (Å²) in [4.78, 5) is 26.5. The van der Waals surface area contributed by atoms with Crippen molar-refractivity contribution in [2.45, 2.75) is 12.3 Å². The van der Waals surface area contributed by atoms with Crippen molar-refractivity contribution in [2.75, 3.05) is 33.7 Å². The van der Waals surface area contributed by atoms with Crippen molar-refractivity contribution in [3.05, 3.63) is 35.4 Å². The molecule has 126 valence electrons. The zero-order valence-corrected chi connectivity index (χ0v) is 13.1. The number of carboxylic acid groups (broad SMARTS) is 1. The van der Waals surface area contributed by atoms with Crippen LogP contribution in [0.1, 0.15) is 17.9 Å².